The largest absolute Gasteiger partial charge is 2.00 e. The van der Waals surface area contributed by atoms with Crippen LogP contribution in [0.3, 0.4) is 0 Å². The Morgan fingerprint density at radius 3 is 0.857 bits per heavy atom. The zero-order chi connectivity index (χ0) is 0. The Labute approximate surface area is 120 Å². The second-order valence-electron chi connectivity index (χ2n) is 0. The average molecular weight is 451 g/mol. The van der Waals surface area contributed by atoms with Crippen molar-refractivity contribution in [2.75, 3.05) is 0 Å². The van der Waals surface area contributed by atoms with Gasteiger partial charge in [0.15, 0.2) is 0 Å². The molecule has 7 heteroatoms. The summed E-state index contributed by atoms with van der Waals surface area (Å²) in [5, 5.41) is 0. The van der Waals surface area contributed by atoms with Crippen molar-refractivity contribution in [3.63, 3.8) is 0 Å². The van der Waals surface area contributed by atoms with Gasteiger partial charge in [-0.3, -0.25) is 0 Å². The molecule has 0 aliphatic rings. The van der Waals surface area contributed by atoms with Crippen LogP contribution in [-0.2, 0) is 59.2 Å². The van der Waals surface area contributed by atoms with Crippen molar-refractivity contribution in [1.29, 1.82) is 0 Å². The molecule has 0 saturated heterocycles. The summed E-state index contributed by atoms with van der Waals surface area (Å²) in [7, 11) is 0. The summed E-state index contributed by atoms with van der Waals surface area (Å²) < 4.78 is 0. The van der Waals surface area contributed by atoms with Crippen LogP contribution in [0.15, 0.2) is 0 Å². The predicted molar refractivity (Wildman–Crippen MR) is 21.4 cm³/mol. The summed E-state index contributed by atoms with van der Waals surface area (Å²) in [6.45, 7) is 0. The Kier molecular flexibility index (Phi) is 787. The van der Waals surface area contributed by atoms with Crippen molar-refractivity contribution < 1.29 is 62.1 Å². The van der Waals surface area contributed by atoms with E-state index in [4.69, 9.17) is 0 Å². The molecule has 0 spiro atoms. The predicted octanol–water partition coefficient (Wildman–Crippen LogP) is -1.97. The first-order valence-electron chi connectivity index (χ1n) is 0. The molecule has 7 heavy (non-hydrogen) atoms. The molecule has 0 N–H and O–H groups in total. The van der Waals surface area contributed by atoms with Crippen molar-refractivity contribution in [3.05, 3.63) is 0 Å². The third-order valence-electron chi connectivity index (χ3n) is 0. The SMILES string of the molecule is [Ba+2].[H-].[H-].[O-2].[O-2].[O-2].[SiH4].[Ti].[W]. The summed E-state index contributed by atoms with van der Waals surface area (Å²) in [4.78, 5) is 0. The summed E-state index contributed by atoms with van der Waals surface area (Å²) >= 11 is 0. The van der Waals surface area contributed by atoms with Gasteiger partial charge in [-0.25, -0.2) is 0 Å². The second-order valence-corrected chi connectivity index (χ2v) is 0. The topological polar surface area (TPSA) is 85.5 Å². The first-order valence-corrected chi connectivity index (χ1v) is 0. The van der Waals surface area contributed by atoms with Gasteiger partial charge in [0.2, 0.25) is 0 Å². The smallest absolute Gasteiger partial charge is 2.00 e. The second kappa shape index (κ2) is 62.7. The molecule has 0 radical (unpaired) electrons. The van der Waals surface area contributed by atoms with Gasteiger partial charge in [-0.05, 0) is 11.0 Å². The first-order chi connectivity index (χ1) is 0. The van der Waals surface area contributed by atoms with E-state index in [2.05, 4.69) is 0 Å². The molecule has 0 unspecified atom stereocenters. The molecule has 3 nitrogen and oxygen atoms in total. The molecular weight excluding hydrogens is 445 g/mol. The van der Waals surface area contributed by atoms with Crippen molar-refractivity contribution in [3.8, 4) is 0 Å². The fraction of sp³-hybridized carbons (Fsp3) is 0. The molecule has 46 valence electrons. The normalized spacial score (nSPS) is 0. The van der Waals surface area contributed by atoms with Crippen molar-refractivity contribution >= 4 is 59.8 Å². The Bertz CT molecular complexity index is 21.8. The van der Waals surface area contributed by atoms with Crippen LogP contribution in [0, 0.1) is 0 Å². The van der Waals surface area contributed by atoms with Gasteiger partial charge in [0, 0.05) is 42.8 Å². The molecule has 0 amide bonds. The fourth-order valence-corrected chi connectivity index (χ4v) is 0. The molecule has 0 atom stereocenters. The standard InChI is InChI=1S/Ba.3O.H4Si.Ti.W.2H/h;;;;1H4;;;;/q+2;3*-2;;;;2*-1. The molecule has 0 heterocycles. The first kappa shape index (κ1) is 87.9. The van der Waals surface area contributed by atoms with E-state index in [1.807, 2.05) is 0 Å². The van der Waals surface area contributed by atoms with E-state index in [0.717, 1.165) is 0 Å². The molecule has 0 aromatic carbocycles. The zero-order valence-corrected chi connectivity index (χ0v) is 11.8. The molecule has 0 aromatic heterocycles. The van der Waals surface area contributed by atoms with Gasteiger partial charge in [0.1, 0.15) is 0 Å². The van der Waals surface area contributed by atoms with Crippen molar-refractivity contribution in [1.82, 2.24) is 0 Å². The monoisotopic (exact) mass is 452 g/mol. The van der Waals surface area contributed by atoms with E-state index in [0.29, 0.717) is 0 Å². The van der Waals surface area contributed by atoms with Crippen LogP contribution in [0.2, 0.25) is 0 Å². The maximum Gasteiger partial charge on any atom is 2.00 e. The Balaban J connectivity index is 0. The molecule has 0 saturated carbocycles. The molecule has 0 aliphatic carbocycles. The van der Waals surface area contributed by atoms with E-state index in [1.165, 1.54) is 0 Å². The number of hydrogen-bond donors (Lipinski definition) is 0. The molecular formula is H6BaO3SiTiW-6. The van der Waals surface area contributed by atoms with E-state index in [-0.39, 0.29) is 122 Å². The van der Waals surface area contributed by atoms with Gasteiger partial charge < -0.3 is 19.3 Å². The maximum absolute atomic E-state index is 0. The van der Waals surface area contributed by atoms with E-state index >= 15 is 0 Å². The van der Waals surface area contributed by atoms with Crippen LogP contribution in [0.1, 0.15) is 2.85 Å². The maximum atomic E-state index is 0. The van der Waals surface area contributed by atoms with Crippen LogP contribution in [-0.4, -0.2) is 59.8 Å². The van der Waals surface area contributed by atoms with Crippen LogP contribution < -0.4 is 0 Å². The molecule has 0 fully saturated rings. The minimum Gasteiger partial charge on any atom is -2.00 e. The summed E-state index contributed by atoms with van der Waals surface area (Å²) in [6.07, 6.45) is 0. The third-order valence-corrected chi connectivity index (χ3v) is 0. The summed E-state index contributed by atoms with van der Waals surface area (Å²) in [6, 6.07) is 0. The molecule has 0 rings (SSSR count). The fourth-order valence-electron chi connectivity index (χ4n) is 0. The minimum atomic E-state index is 0. The Morgan fingerprint density at radius 1 is 0.857 bits per heavy atom. The van der Waals surface area contributed by atoms with Gasteiger partial charge in [-0.15, -0.1) is 0 Å². The third kappa shape index (κ3) is 48.1. The Morgan fingerprint density at radius 2 is 0.857 bits per heavy atom. The average Bonchev–Trinajstić information content (AvgIpc) is 0. The Hall–Kier alpha value is 3.07. The molecule has 0 aliphatic heterocycles. The van der Waals surface area contributed by atoms with Crippen molar-refractivity contribution in [2.45, 2.75) is 0 Å². The van der Waals surface area contributed by atoms with Crippen molar-refractivity contribution in [2.24, 2.45) is 0 Å². The quantitative estimate of drug-likeness (QED) is 0.383. The van der Waals surface area contributed by atoms with Crippen LogP contribution in [0.25, 0.3) is 0 Å². The van der Waals surface area contributed by atoms with E-state index < -0.39 is 0 Å². The van der Waals surface area contributed by atoms with Gasteiger partial charge in [-0.1, -0.05) is 0 Å². The van der Waals surface area contributed by atoms with Crippen LogP contribution >= 0.6 is 0 Å². The van der Waals surface area contributed by atoms with Gasteiger partial charge in [0.05, 0.1) is 0 Å². The molecule has 0 aromatic rings. The number of rotatable bonds is 0. The summed E-state index contributed by atoms with van der Waals surface area (Å²) in [5.41, 5.74) is 0. The van der Waals surface area contributed by atoms with E-state index in [1.54, 1.807) is 0 Å². The number of hydrogen-bond acceptors (Lipinski definition) is 0. The van der Waals surface area contributed by atoms with Crippen LogP contribution in [0.4, 0.5) is 0 Å². The van der Waals surface area contributed by atoms with Gasteiger partial charge in [-0.2, -0.15) is 0 Å². The van der Waals surface area contributed by atoms with Gasteiger partial charge in [0.25, 0.3) is 0 Å². The minimum absolute atomic E-state index is 0. The van der Waals surface area contributed by atoms with Gasteiger partial charge >= 0.3 is 48.9 Å². The zero-order valence-electron chi connectivity index (χ0n) is 4.84. The van der Waals surface area contributed by atoms with E-state index in [9.17, 15) is 0 Å². The molecule has 0 bridgehead atoms. The van der Waals surface area contributed by atoms with Crippen LogP contribution in [0.5, 0.6) is 0 Å². The summed E-state index contributed by atoms with van der Waals surface area (Å²) in [5.74, 6) is 0.